The first-order valence-corrected chi connectivity index (χ1v) is 8.98. The van der Waals surface area contributed by atoms with Gasteiger partial charge in [-0.05, 0) is 44.0 Å². The first-order valence-electron chi connectivity index (χ1n) is 8.98. The Hall–Kier alpha value is -2.33. The average molecular weight is 341 g/mol. The van der Waals surface area contributed by atoms with Crippen LogP contribution in [-0.2, 0) is 17.9 Å². The van der Waals surface area contributed by atoms with Crippen molar-refractivity contribution in [2.24, 2.45) is 0 Å². The van der Waals surface area contributed by atoms with Crippen molar-refractivity contribution in [2.45, 2.75) is 33.9 Å². The number of benzene rings is 2. The molecule has 4 nitrogen and oxygen atoms in total. The van der Waals surface area contributed by atoms with Gasteiger partial charge in [0.15, 0.2) is 6.61 Å². The van der Waals surface area contributed by atoms with E-state index in [1.54, 1.807) is 0 Å². The Bertz CT molecular complexity index is 681. The lowest BCUT2D eigenvalue weighted by atomic mass is 10.1. The number of ether oxygens (including phenoxy) is 1. The van der Waals surface area contributed by atoms with Crippen molar-refractivity contribution in [1.29, 1.82) is 0 Å². The lowest BCUT2D eigenvalue weighted by Gasteiger charge is -2.18. The van der Waals surface area contributed by atoms with Gasteiger partial charge in [0.25, 0.3) is 5.91 Å². The van der Waals surface area contributed by atoms with E-state index in [-0.39, 0.29) is 12.5 Å². The van der Waals surface area contributed by atoms with E-state index in [1.165, 1.54) is 16.0 Å². The molecule has 2 N–H and O–H groups in total. The van der Waals surface area contributed by atoms with E-state index in [4.69, 9.17) is 4.74 Å². The average Bonchev–Trinajstić information content (AvgIpc) is 2.63. The Balaban J connectivity index is 1.87. The van der Waals surface area contributed by atoms with Gasteiger partial charge in [-0.3, -0.25) is 4.79 Å². The number of quaternary nitrogens is 1. The van der Waals surface area contributed by atoms with Crippen molar-refractivity contribution < 1.29 is 14.4 Å². The zero-order valence-electron chi connectivity index (χ0n) is 15.5. The summed E-state index contributed by atoms with van der Waals surface area (Å²) in [5.74, 6) is 0.618. The summed E-state index contributed by atoms with van der Waals surface area (Å²) in [4.78, 5) is 13.6. The summed E-state index contributed by atoms with van der Waals surface area (Å²) in [6, 6.07) is 16.0. The smallest absolute Gasteiger partial charge is 0.258 e. The van der Waals surface area contributed by atoms with Crippen LogP contribution < -0.4 is 15.0 Å². The van der Waals surface area contributed by atoms with Crippen molar-refractivity contribution in [1.82, 2.24) is 5.32 Å². The first-order chi connectivity index (χ1) is 12.1. The van der Waals surface area contributed by atoms with Crippen molar-refractivity contribution in [3.8, 4) is 5.75 Å². The Morgan fingerprint density at radius 1 is 1.04 bits per heavy atom. The topological polar surface area (TPSA) is 42.8 Å². The molecule has 0 bridgehead atoms. The highest BCUT2D eigenvalue weighted by atomic mass is 16.5. The second-order valence-corrected chi connectivity index (χ2v) is 6.28. The van der Waals surface area contributed by atoms with E-state index in [1.807, 2.05) is 37.3 Å². The van der Waals surface area contributed by atoms with Crippen LogP contribution in [0.5, 0.6) is 5.75 Å². The molecule has 0 fully saturated rings. The molecule has 1 amide bonds. The van der Waals surface area contributed by atoms with Gasteiger partial charge in [0.05, 0.1) is 13.1 Å². The quantitative estimate of drug-likeness (QED) is 0.734. The van der Waals surface area contributed by atoms with Gasteiger partial charge in [-0.15, -0.1) is 0 Å². The summed E-state index contributed by atoms with van der Waals surface area (Å²) in [7, 11) is 0. The van der Waals surface area contributed by atoms with E-state index < -0.39 is 0 Å². The van der Waals surface area contributed by atoms with Gasteiger partial charge in [0, 0.05) is 12.1 Å². The van der Waals surface area contributed by atoms with Gasteiger partial charge >= 0.3 is 0 Å². The number of hydrogen-bond acceptors (Lipinski definition) is 2. The minimum atomic E-state index is -0.105. The summed E-state index contributed by atoms with van der Waals surface area (Å²) in [5, 5.41) is 2.96. The standard InChI is InChI=1S/C21H28N2O2/c1-4-23(5-2)15-19-11-7-6-10-18(19)14-22-21(24)16-25-20-12-8-9-17(3)13-20/h6-13H,4-5,14-16H2,1-3H3,(H,22,24)/p+1. The van der Waals surface area contributed by atoms with E-state index in [2.05, 4.69) is 37.4 Å². The van der Waals surface area contributed by atoms with Crippen molar-refractivity contribution >= 4 is 5.91 Å². The van der Waals surface area contributed by atoms with Crippen LogP contribution in [-0.4, -0.2) is 25.6 Å². The molecule has 0 spiro atoms. The maximum atomic E-state index is 12.1. The van der Waals surface area contributed by atoms with Crippen molar-refractivity contribution in [3.63, 3.8) is 0 Å². The number of hydrogen-bond donors (Lipinski definition) is 2. The molecule has 0 aliphatic rings. The summed E-state index contributed by atoms with van der Waals surface area (Å²) in [6.45, 7) is 10.2. The molecule has 0 saturated carbocycles. The zero-order valence-corrected chi connectivity index (χ0v) is 15.5. The molecule has 0 aliphatic heterocycles. The van der Waals surface area contributed by atoms with Gasteiger partial charge in [0.1, 0.15) is 12.3 Å². The molecule has 4 heteroatoms. The van der Waals surface area contributed by atoms with Crippen molar-refractivity contribution in [2.75, 3.05) is 19.7 Å². The lowest BCUT2D eigenvalue weighted by Crippen LogP contribution is -3.10. The predicted octanol–water partition coefficient (Wildman–Crippen LogP) is 2.11. The number of nitrogens with one attached hydrogen (secondary N) is 2. The van der Waals surface area contributed by atoms with Crippen molar-refractivity contribution in [3.05, 3.63) is 65.2 Å². The van der Waals surface area contributed by atoms with E-state index in [0.717, 1.165) is 30.9 Å². The largest absolute Gasteiger partial charge is 0.484 e. The SMILES string of the molecule is CC[NH+](CC)Cc1ccccc1CNC(=O)COc1cccc(C)c1. The third-order valence-corrected chi connectivity index (χ3v) is 4.39. The van der Waals surface area contributed by atoms with Crippen LogP contribution in [0.25, 0.3) is 0 Å². The Kier molecular flexibility index (Phi) is 7.48. The second-order valence-electron chi connectivity index (χ2n) is 6.28. The highest BCUT2D eigenvalue weighted by Gasteiger charge is 2.10. The normalized spacial score (nSPS) is 10.7. The summed E-state index contributed by atoms with van der Waals surface area (Å²) >= 11 is 0. The third kappa shape index (κ3) is 6.24. The minimum Gasteiger partial charge on any atom is -0.484 e. The maximum absolute atomic E-state index is 12.1. The molecule has 2 aromatic carbocycles. The van der Waals surface area contributed by atoms with E-state index in [0.29, 0.717) is 6.54 Å². The molecule has 2 aromatic rings. The van der Waals surface area contributed by atoms with Crippen LogP contribution in [0, 0.1) is 6.92 Å². The summed E-state index contributed by atoms with van der Waals surface area (Å²) < 4.78 is 5.55. The fraction of sp³-hybridized carbons (Fsp3) is 0.381. The molecule has 25 heavy (non-hydrogen) atoms. The van der Waals surface area contributed by atoms with Crippen LogP contribution in [0.1, 0.15) is 30.5 Å². The third-order valence-electron chi connectivity index (χ3n) is 4.39. The Morgan fingerprint density at radius 2 is 1.76 bits per heavy atom. The van der Waals surface area contributed by atoms with Gasteiger partial charge in [-0.2, -0.15) is 0 Å². The predicted molar refractivity (Wildman–Crippen MR) is 101 cm³/mol. The maximum Gasteiger partial charge on any atom is 0.258 e. The van der Waals surface area contributed by atoms with Gasteiger partial charge in [-0.25, -0.2) is 0 Å². The van der Waals surface area contributed by atoms with Gasteiger partial charge < -0.3 is 15.0 Å². The van der Waals surface area contributed by atoms with Gasteiger partial charge in [-0.1, -0.05) is 36.4 Å². The minimum absolute atomic E-state index is 0.0346. The highest BCUT2D eigenvalue weighted by molar-refractivity contribution is 5.77. The van der Waals surface area contributed by atoms with E-state index >= 15 is 0 Å². The molecule has 0 radical (unpaired) electrons. The molecule has 0 aliphatic carbocycles. The summed E-state index contributed by atoms with van der Waals surface area (Å²) in [5.41, 5.74) is 3.58. The molecular weight excluding hydrogens is 312 g/mol. The molecule has 0 atom stereocenters. The van der Waals surface area contributed by atoms with Crippen LogP contribution in [0.4, 0.5) is 0 Å². The molecule has 134 valence electrons. The van der Waals surface area contributed by atoms with Crippen LogP contribution >= 0.6 is 0 Å². The van der Waals surface area contributed by atoms with E-state index in [9.17, 15) is 4.79 Å². The Labute approximate surface area is 150 Å². The number of aryl methyl sites for hydroxylation is 1. The fourth-order valence-electron chi connectivity index (χ4n) is 2.77. The number of rotatable bonds is 9. The van der Waals surface area contributed by atoms with Crippen LogP contribution in [0.2, 0.25) is 0 Å². The zero-order chi connectivity index (χ0) is 18.1. The van der Waals surface area contributed by atoms with Crippen LogP contribution in [0.3, 0.4) is 0 Å². The molecule has 0 saturated heterocycles. The van der Waals surface area contributed by atoms with Crippen LogP contribution in [0.15, 0.2) is 48.5 Å². The molecule has 0 aromatic heterocycles. The second kappa shape index (κ2) is 9.84. The van der Waals surface area contributed by atoms with Gasteiger partial charge in [0.2, 0.25) is 0 Å². The molecule has 2 rings (SSSR count). The Morgan fingerprint density at radius 3 is 2.44 bits per heavy atom. The lowest BCUT2D eigenvalue weighted by molar-refractivity contribution is -0.910. The summed E-state index contributed by atoms with van der Waals surface area (Å²) in [6.07, 6.45) is 0. The monoisotopic (exact) mass is 341 g/mol. The molecule has 0 heterocycles. The highest BCUT2D eigenvalue weighted by Crippen LogP contribution is 2.12. The number of amides is 1. The number of carbonyl (C=O) groups excluding carboxylic acids is 1. The fourth-order valence-corrected chi connectivity index (χ4v) is 2.77. The first kappa shape index (κ1) is 19.0. The molecule has 0 unspecified atom stereocenters. The molecular formula is C21H29N2O2+. The number of carbonyl (C=O) groups is 1.